The lowest BCUT2D eigenvalue weighted by molar-refractivity contribution is -0.149. The fourth-order valence-electron chi connectivity index (χ4n) is 1.81. The number of benzene rings is 1. The van der Waals surface area contributed by atoms with Crippen molar-refractivity contribution < 1.29 is 19.4 Å². The molecule has 0 bridgehead atoms. The van der Waals surface area contributed by atoms with Crippen LogP contribution in [0.5, 0.6) is 5.75 Å². The third-order valence-electron chi connectivity index (χ3n) is 2.76. The summed E-state index contributed by atoms with van der Waals surface area (Å²) >= 11 is 0. The molecule has 1 aromatic carbocycles. The van der Waals surface area contributed by atoms with Gasteiger partial charge in [-0.2, -0.15) is 0 Å². The van der Waals surface area contributed by atoms with E-state index in [1.165, 1.54) is 14.2 Å². The second-order valence-corrected chi connectivity index (χ2v) is 3.84. The summed E-state index contributed by atoms with van der Waals surface area (Å²) < 4.78 is 9.86. The van der Waals surface area contributed by atoms with E-state index in [0.717, 1.165) is 0 Å². The average molecular weight is 250 g/mol. The second kappa shape index (κ2) is 6.81. The summed E-state index contributed by atoms with van der Waals surface area (Å²) in [5, 5.41) is 10.3. The molecular weight excluding hydrogens is 232 g/mol. The molecule has 0 spiro atoms. The van der Waals surface area contributed by atoms with Gasteiger partial charge in [-0.15, -0.1) is 6.58 Å². The number of allylic oxidation sites excluding steroid dienone is 1. The lowest BCUT2D eigenvalue weighted by atomic mass is 9.92. The first-order valence-electron chi connectivity index (χ1n) is 5.65. The number of aliphatic hydroxyl groups is 1. The van der Waals surface area contributed by atoms with Gasteiger partial charge in [0.05, 0.1) is 26.2 Å². The molecule has 0 fully saturated rings. The molecular formula is C14H18O4. The Morgan fingerprint density at radius 3 is 2.67 bits per heavy atom. The summed E-state index contributed by atoms with van der Waals surface area (Å²) in [6, 6.07) is 7.04. The number of ether oxygens (including phenoxy) is 2. The molecule has 0 radical (unpaired) electrons. The van der Waals surface area contributed by atoms with E-state index in [9.17, 15) is 9.90 Å². The molecule has 0 aliphatic heterocycles. The molecule has 1 aromatic rings. The maximum atomic E-state index is 11.6. The molecule has 4 nitrogen and oxygen atoms in total. The zero-order valence-electron chi connectivity index (χ0n) is 10.6. The smallest absolute Gasteiger partial charge is 0.311 e. The fraction of sp³-hybridized carbons (Fsp3) is 0.357. The number of carbonyl (C=O) groups excluding carboxylic acids is 1. The molecule has 0 saturated heterocycles. The Hall–Kier alpha value is -1.81. The van der Waals surface area contributed by atoms with Crippen LogP contribution in [0.3, 0.4) is 0 Å². The van der Waals surface area contributed by atoms with Gasteiger partial charge in [-0.3, -0.25) is 4.79 Å². The maximum absolute atomic E-state index is 11.6. The van der Waals surface area contributed by atoms with Crippen LogP contribution in [0.4, 0.5) is 0 Å². The summed E-state index contributed by atoms with van der Waals surface area (Å²) in [6.45, 7) is 3.59. The van der Waals surface area contributed by atoms with Gasteiger partial charge in [-0.25, -0.2) is 0 Å². The quantitative estimate of drug-likeness (QED) is 0.620. The van der Waals surface area contributed by atoms with Crippen LogP contribution in [0, 0.1) is 5.92 Å². The number of hydrogen-bond donors (Lipinski definition) is 1. The summed E-state index contributed by atoms with van der Waals surface area (Å²) in [6.07, 6.45) is 0.943. The van der Waals surface area contributed by atoms with E-state index < -0.39 is 18.0 Å². The molecule has 0 amide bonds. The number of methoxy groups -OCH3 is 2. The highest BCUT2D eigenvalue weighted by Crippen LogP contribution is 2.32. The average Bonchev–Trinajstić information content (AvgIpc) is 2.43. The standard InChI is InChI=1S/C14H18O4/c1-4-7-11(14(16)18-3)13(15)10-8-5-6-9-12(10)17-2/h4-6,8-9,11,13,15H,1,7H2,2-3H3/t11-,13-/m1/s1. The van der Waals surface area contributed by atoms with Gasteiger partial charge in [0.15, 0.2) is 0 Å². The molecule has 98 valence electrons. The molecule has 0 saturated carbocycles. The third kappa shape index (κ3) is 3.11. The van der Waals surface area contributed by atoms with Crippen molar-refractivity contribution in [2.75, 3.05) is 14.2 Å². The molecule has 1 rings (SSSR count). The van der Waals surface area contributed by atoms with E-state index >= 15 is 0 Å². The lowest BCUT2D eigenvalue weighted by Crippen LogP contribution is -2.23. The Kier molecular flexibility index (Phi) is 5.39. The van der Waals surface area contributed by atoms with Crippen molar-refractivity contribution in [2.45, 2.75) is 12.5 Å². The Morgan fingerprint density at radius 2 is 2.11 bits per heavy atom. The molecule has 0 unspecified atom stereocenters. The van der Waals surface area contributed by atoms with E-state index in [4.69, 9.17) is 9.47 Å². The van der Waals surface area contributed by atoms with Crippen molar-refractivity contribution in [3.05, 3.63) is 42.5 Å². The van der Waals surface area contributed by atoms with Crippen LogP contribution in [-0.2, 0) is 9.53 Å². The van der Waals surface area contributed by atoms with Crippen molar-refractivity contribution in [1.82, 2.24) is 0 Å². The Labute approximate surface area is 107 Å². The van der Waals surface area contributed by atoms with Crippen LogP contribution in [0.1, 0.15) is 18.1 Å². The fourth-order valence-corrected chi connectivity index (χ4v) is 1.81. The van der Waals surface area contributed by atoms with Crippen LogP contribution in [0.25, 0.3) is 0 Å². The normalized spacial score (nSPS) is 13.5. The number of rotatable bonds is 6. The predicted octanol–water partition coefficient (Wildman–Crippen LogP) is 2.09. The van der Waals surface area contributed by atoms with Crippen molar-refractivity contribution >= 4 is 5.97 Å². The minimum atomic E-state index is -0.980. The first kappa shape index (κ1) is 14.3. The van der Waals surface area contributed by atoms with Crippen LogP contribution >= 0.6 is 0 Å². The van der Waals surface area contributed by atoms with E-state index in [1.54, 1.807) is 30.3 Å². The predicted molar refractivity (Wildman–Crippen MR) is 68.3 cm³/mol. The Bertz CT molecular complexity index is 414. The Morgan fingerprint density at radius 1 is 1.44 bits per heavy atom. The van der Waals surface area contributed by atoms with E-state index in [1.807, 2.05) is 0 Å². The highest BCUT2D eigenvalue weighted by Gasteiger charge is 2.29. The Balaban J connectivity index is 3.04. The molecule has 0 aromatic heterocycles. The van der Waals surface area contributed by atoms with Crippen LogP contribution in [0.2, 0.25) is 0 Å². The van der Waals surface area contributed by atoms with Gasteiger partial charge < -0.3 is 14.6 Å². The van der Waals surface area contributed by atoms with Gasteiger partial charge in [0.2, 0.25) is 0 Å². The van der Waals surface area contributed by atoms with Crippen LogP contribution < -0.4 is 4.74 Å². The summed E-state index contributed by atoms with van der Waals surface area (Å²) in [5.74, 6) is -0.597. The third-order valence-corrected chi connectivity index (χ3v) is 2.76. The van der Waals surface area contributed by atoms with Gasteiger partial charge >= 0.3 is 5.97 Å². The zero-order valence-corrected chi connectivity index (χ0v) is 10.6. The van der Waals surface area contributed by atoms with Gasteiger partial charge in [0.25, 0.3) is 0 Å². The number of para-hydroxylation sites is 1. The second-order valence-electron chi connectivity index (χ2n) is 3.84. The van der Waals surface area contributed by atoms with Crippen LogP contribution in [-0.4, -0.2) is 25.3 Å². The molecule has 2 atom stereocenters. The number of esters is 1. The summed E-state index contributed by atoms with van der Waals surface area (Å²) in [5.41, 5.74) is 0.567. The summed E-state index contributed by atoms with van der Waals surface area (Å²) in [7, 11) is 2.82. The SMILES string of the molecule is C=CC[C@@H](C(=O)OC)[C@H](O)c1ccccc1OC. The number of aliphatic hydroxyl groups excluding tert-OH is 1. The van der Waals surface area contributed by atoms with Gasteiger partial charge in [-0.1, -0.05) is 24.3 Å². The van der Waals surface area contributed by atoms with Crippen LogP contribution in [0.15, 0.2) is 36.9 Å². The van der Waals surface area contributed by atoms with Gasteiger partial charge in [0, 0.05) is 5.56 Å². The monoisotopic (exact) mass is 250 g/mol. The highest BCUT2D eigenvalue weighted by molar-refractivity contribution is 5.73. The topological polar surface area (TPSA) is 55.8 Å². The van der Waals surface area contributed by atoms with E-state index in [2.05, 4.69) is 6.58 Å². The minimum absolute atomic E-state index is 0.339. The van der Waals surface area contributed by atoms with Crippen molar-refractivity contribution in [3.8, 4) is 5.75 Å². The van der Waals surface area contributed by atoms with Crippen molar-refractivity contribution in [2.24, 2.45) is 5.92 Å². The van der Waals surface area contributed by atoms with Gasteiger partial charge in [-0.05, 0) is 12.5 Å². The van der Waals surface area contributed by atoms with Crippen molar-refractivity contribution in [1.29, 1.82) is 0 Å². The molecule has 18 heavy (non-hydrogen) atoms. The minimum Gasteiger partial charge on any atom is -0.496 e. The first-order valence-corrected chi connectivity index (χ1v) is 5.65. The first-order chi connectivity index (χ1) is 8.65. The largest absolute Gasteiger partial charge is 0.496 e. The van der Waals surface area contributed by atoms with E-state index in [-0.39, 0.29) is 0 Å². The molecule has 0 heterocycles. The number of hydrogen-bond acceptors (Lipinski definition) is 4. The summed E-state index contributed by atoms with van der Waals surface area (Å²) in [4.78, 5) is 11.6. The molecule has 0 aliphatic rings. The highest BCUT2D eigenvalue weighted by atomic mass is 16.5. The zero-order chi connectivity index (χ0) is 13.5. The van der Waals surface area contributed by atoms with E-state index in [0.29, 0.717) is 17.7 Å². The molecule has 0 aliphatic carbocycles. The van der Waals surface area contributed by atoms with Crippen molar-refractivity contribution in [3.63, 3.8) is 0 Å². The van der Waals surface area contributed by atoms with Gasteiger partial charge in [0.1, 0.15) is 5.75 Å². The maximum Gasteiger partial charge on any atom is 0.311 e. The lowest BCUT2D eigenvalue weighted by Gasteiger charge is -2.21. The molecule has 1 N–H and O–H groups in total. The molecule has 4 heteroatoms. The number of carbonyl (C=O) groups is 1.